The van der Waals surface area contributed by atoms with Gasteiger partial charge in [0, 0.05) is 11.5 Å². The summed E-state index contributed by atoms with van der Waals surface area (Å²) in [7, 11) is 0. The molecule has 0 heterocycles. The van der Waals surface area contributed by atoms with E-state index in [2.05, 4.69) is 0 Å². The minimum Gasteiger partial charge on any atom is -0.481 e. The molecular weight excluding hydrogens is 228 g/mol. The first kappa shape index (κ1) is 19.2. The highest BCUT2D eigenvalue weighted by atomic mass is 32.2. The van der Waals surface area contributed by atoms with Crippen LogP contribution in [0.1, 0.15) is 0 Å². The number of rotatable bonds is 7. The second-order valence-electron chi connectivity index (χ2n) is 1.89. The van der Waals surface area contributed by atoms with E-state index in [0.29, 0.717) is 11.5 Å². The molecule has 0 fully saturated rings. The van der Waals surface area contributed by atoms with Crippen molar-refractivity contribution in [3.63, 3.8) is 0 Å². The Labute approximate surface area is 91.0 Å². The van der Waals surface area contributed by atoms with E-state index in [0.717, 1.165) is 0 Å². The summed E-state index contributed by atoms with van der Waals surface area (Å²) in [6.45, 7) is 0. The van der Waals surface area contributed by atoms with Crippen LogP contribution in [0.2, 0.25) is 0 Å². The first-order chi connectivity index (χ1) is 5.63. The van der Waals surface area contributed by atoms with Crippen LogP contribution in [0.15, 0.2) is 0 Å². The Bertz CT molecular complexity index is 150. The average Bonchev–Trinajstić information content (AvgIpc) is 1.95. The summed E-state index contributed by atoms with van der Waals surface area (Å²) in [5.41, 5.74) is 0. The van der Waals surface area contributed by atoms with Gasteiger partial charge >= 0.3 is 11.9 Å². The SMILES string of the molecule is N.N.O=C(O)CSCCSCC(=O)O. The lowest BCUT2D eigenvalue weighted by molar-refractivity contribution is -0.134. The van der Waals surface area contributed by atoms with E-state index in [1.54, 1.807) is 0 Å². The topological polar surface area (TPSA) is 145 Å². The number of carbonyl (C=O) groups is 2. The zero-order valence-electron chi connectivity index (χ0n) is 7.77. The molecular formula is C6H16N2O4S2. The minimum atomic E-state index is -0.830. The number of carboxylic acids is 2. The van der Waals surface area contributed by atoms with E-state index in [4.69, 9.17) is 10.2 Å². The third kappa shape index (κ3) is 17.6. The van der Waals surface area contributed by atoms with Crippen molar-refractivity contribution in [2.45, 2.75) is 0 Å². The lowest BCUT2D eigenvalue weighted by atomic mass is 10.8. The molecule has 0 aromatic heterocycles. The predicted octanol–water partition coefficient (Wildman–Crippen LogP) is 0.946. The molecule has 0 saturated heterocycles. The smallest absolute Gasteiger partial charge is 0.313 e. The maximum Gasteiger partial charge on any atom is 0.313 e. The van der Waals surface area contributed by atoms with Crippen molar-refractivity contribution >= 4 is 35.5 Å². The molecule has 8 N–H and O–H groups in total. The molecule has 86 valence electrons. The summed E-state index contributed by atoms with van der Waals surface area (Å²) in [5, 5.41) is 16.5. The molecule has 0 bridgehead atoms. The zero-order valence-corrected chi connectivity index (χ0v) is 9.40. The van der Waals surface area contributed by atoms with E-state index in [-0.39, 0.29) is 23.8 Å². The average molecular weight is 244 g/mol. The fourth-order valence-electron chi connectivity index (χ4n) is 0.437. The van der Waals surface area contributed by atoms with Crippen molar-refractivity contribution in [1.82, 2.24) is 12.3 Å². The molecule has 6 nitrogen and oxygen atoms in total. The summed E-state index contributed by atoms with van der Waals surface area (Å²) in [6.07, 6.45) is 0. The summed E-state index contributed by atoms with van der Waals surface area (Å²) in [6, 6.07) is 0. The lowest BCUT2D eigenvalue weighted by Crippen LogP contribution is -2.02. The Kier molecular flexibility index (Phi) is 17.2. The zero-order chi connectivity index (χ0) is 9.40. The highest BCUT2D eigenvalue weighted by Crippen LogP contribution is 2.06. The molecule has 14 heavy (non-hydrogen) atoms. The molecule has 0 unspecified atom stereocenters. The third-order valence-electron chi connectivity index (χ3n) is 0.823. The molecule has 0 aliphatic carbocycles. The maximum absolute atomic E-state index is 10.0. The highest BCUT2D eigenvalue weighted by Gasteiger charge is 1.98. The normalized spacial score (nSPS) is 8.29. The summed E-state index contributed by atoms with van der Waals surface area (Å²) < 4.78 is 0. The monoisotopic (exact) mass is 244 g/mol. The quantitative estimate of drug-likeness (QED) is 0.484. The van der Waals surface area contributed by atoms with Crippen molar-refractivity contribution in [2.75, 3.05) is 23.0 Å². The Morgan fingerprint density at radius 2 is 1.14 bits per heavy atom. The van der Waals surface area contributed by atoms with Gasteiger partial charge in [-0.3, -0.25) is 9.59 Å². The largest absolute Gasteiger partial charge is 0.481 e. The van der Waals surface area contributed by atoms with Crippen LogP contribution < -0.4 is 12.3 Å². The number of carboxylic acid groups (broad SMARTS) is 2. The van der Waals surface area contributed by atoms with Gasteiger partial charge in [-0.2, -0.15) is 0 Å². The van der Waals surface area contributed by atoms with Crippen LogP contribution in [0.4, 0.5) is 0 Å². The number of thioether (sulfide) groups is 2. The van der Waals surface area contributed by atoms with Crippen molar-refractivity contribution < 1.29 is 19.8 Å². The Balaban J connectivity index is -0.000000605. The Morgan fingerprint density at radius 3 is 1.36 bits per heavy atom. The molecule has 0 saturated carbocycles. The van der Waals surface area contributed by atoms with Crippen molar-refractivity contribution in [1.29, 1.82) is 0 Å². The molecule has 0 aromatic carbocycles. The Hall–Kier alpha value is -0.440. The van der Waals surface area contributed by atoms with Crippen LogP contribution in [0, 0.1) is 0 Å². The van der Waals surface area contributed by atoms with Gasteiger partial charge in [0.15, 0.2) is 0 Å². The molecule has 0 atom stereocenters. The van der Waals surface area contributed by atoms with E-state index < -0.39 is 11.9 Å². The standard InChI is InChI=1S/C6H10O4S2.2H3N/c7-5(8)3-11-1-2-12-4-6(9)10;;/h1-4H2,(H,7,8)(H,9,10);2*1H3. The van der Waals surface area contributed by atoms with E-state index >= 15 is 0 Å². The van der Waals surface area contributed by atoms with E-state index in [1.807, 2.05) is 0 Å². The van der Waals surface area contributed by atoms with Gasteiger partial charge in [0.25, 0.3) is 0 Å². The molecule has 0 aromatic rings. The van der Waals surface area contributed by atoms with Gasteiger partial charge in [-0.15, -0.1) is 23.5 Å². The molecule has 0 amide bonds. The molecule has 8 heteroatoms. The number of hydrogen-bond acceptors (Lipinski definition) is 6. The molecule has 0 radical (unpaired) electrons. The van der Waals surface area contributed by atoms with Gasteiger partial charge < -0.3 is 22.5 Å². The van der Waals surface area contributed by atoms with Crippen LogP contribution in [-0.4, -0.2) is 45.2 Å². The van der Waals surface area contributed by atoms with Crippen LogP contribution >= 0.6 is 23.5 Å². The summed E-state index contributed by atoms with van der Waals surface area (Å²) >= 11 is 2.60. The van der Waals surface area contributed by atoms with E-state index in [9.17, 15) is 9.59 Å². The Morgan fingerprint density at radius 1 is 0.857 bits per heavy atom. The first-order valence-electron chi connectivity index (χ1n) is 3.22. The molecule has 0 aliphatic heterocycles. The van der Waals surface area contributed by atoms with Gasteiger partial charge in [0.2, 0.25) is 0 Å². The minimum absolute atomic E-state index is 0. The van der Waals surface area contributed by atoms with Crippen molar-refractivity contribution in [3.05, 3.63) is 0 Å². The van der Waals surface area contributed by atoms with E-state index in [1.165, 1.54) is 23.5 Å². The molecule has 0 rings (SSSR count). The van der Waals surface area contributed by atoms with Gasteiger partial charge in [-0.1, -0.05) is 0 Å². The van der Waals surface area contributed by atoms with Crippen LogP contribution in [0.3, 0.4) is 0 Å². The van der Waals surface area contributed by atoms with Crippen LogP contribution in [-0.2, 0) is 9.59 Å². The first-order valence-corrected chi connectivity index (χ1v) is 5.53. The second-order valence-corrected chi connectivity index (χ2v) is 4.10. The lowest BCUT2D eigenvalue weighted by Gasteiger charge is -1.96. The fraction of sp³-hybridized carbons (Fsp3) is 0.667. The van der Waals surface area contributed by atoms with Gasteiger partial charge in [-0.25, -0.2) is 0 Å². The summed E-state index contributed by atoms with van der Waals surface area (Å²) in [5.74, 6) is -0.109. The van der Waals surface area contributed by atoms with Gasteiger partial charge in [0.1, 0.15) is 0 Å². The molecule has 0 aliphatic rings. The fourth-order valence-corrected chi connectivity index (χ4v) is 2.02. The predicted molar refractivity (Wildman–Crippen MR) is 60.0 cm³/mol. The number of aliphatic carboxylic acids is 2. The van der Waals surface area contributed by atoms with Gasteiger partial charge in [0.05, 0.1) is 11.5 Å². The highest BCUT2D eigenvalue weighted by molar-refractivity contribution is 8.03. The number of hydrogen-bond donors (Lipinski definition) is 4. The van der Waals surface area contributed by atoms with Crippen molar-refractivity contribution in [3.8, 4) is 0 Å². The van der Waals surface area contributed by atoms with Gasteiger partial charge in [-0.05, 0) is 0 Å². The van der Waals surface area contributed by atoms with Crippen molar-refractivity contribution in [2.24, 2.45) is 0 Å². The van der Waals surface area contributed by atoms with Crippen LogP contribution in [0.25, 0.3) is 0 Å². The summed E-state index contributed by atoms with van der Waals surface area (Å²) in [4.78, 5) is 20.0. The maximum atomic E-state index is 10.0. The second kappa shape index (κ2) is 12.6. The van der Waals surface area contributed by atoms with Crippen LogP contribution in [0.5, 0.6) is 0 Å². The molecule has 0 spiro atoms. The third-order valence-corrected chi connectivity index (χ3v) is 2.97.